The largest absolute Gasteiger partial charge is 0.374 e. The Morgan fingerprint density at radius 3 is 2.95 bits per heavy atom. The summed E-state index contributed by atoms with van der Waals surface area (Å²) in [7, 11) is 1.79. The number of ether oxygens (including phenoxy) is 1. The van der Waals surface area contributed by atoms with Crippen LogP contribution in [0.5, 0.6) is 0 Å². The number of urea groups is 1. The maximum atomic E-state index is 11.9. The fourth-order valence-corrected chi connectivity index (χ4v) is 2.03. The molecule has 1 aliphatic rings. The van der Waals surface area contributed by atoms with Crippen molar-refractivity contribution in [2.75, 3.05) is 33.3 Å². The Balaban J connectivity index is 1.72. The zero-order valence-corrected chi connectivity index (χ0v) is 11.3. The molecule has 0 spiro atoms. The number of carbonyl (C=O) groups is 1. The fraction of sp³-hybridized carbons (Fsp3) is 0.500. The maximum absolute atomic E-state index is 11.9. The molecule has 2 amide bonds. The van der Waals surface area contributed by atoms with Gasteiger partial charge in [-0.15, -0.1) is 0 Å². The van der Waals surface area contributed by atoms with Crippen molar-refractivity contribution in [2.24, 2.45) is 0 Å². The molecule has 1 fully saturated rings. The van der Waals surface area contributed by atoms with E-state index in [1.54, 1.807) is 11.9 Å². The predicted molar refractivity (Wildman–Crippen MR) is 73.9 cm³/mol. The summed E-state index contributed by atoms with van der Waals surface area (Å²) in [4.78, 5) is 13.6. The zero-order valence-electron chi connectivity index (χ0n) is 11.3. The number of nitrogens with one attached hydrogen (secondary N) is 2. The molecule has 1 aliphatic heterocycles. The molecule has 2 N–H and O–H groups in total. The first-order valence-electron chi connectivity index (χ1n) is 6.61. The number of carbonyl (C=O) groups excluding carboxylic acids is 1. The second-order valence-electron chi connectivity index (χ2n) is 4.72. The smallest absolute Gasteiger partial charge is 0.317 e. The Kier molecular flexibility index (Phi) is 5.18. The summed E-state index contributed by atoms with van der Waals surface area (Å²) in [6, 6.07) is 9.81. The number of rotatable bonds is 4. The van der Waals surface area contributed by atoms with Crippen LogP contribution in [0.4, 0.5) is 4.79 Å². The third-order valence-corrected chi connectivity index (χ3v) is 3.12. The number of benzene rings is 1. The number of amides is 2. The highest BCUT2D eigenvalue weighted by Crippen LogP contribution is 2.01. The third kappa shape index (κ3) is 4.54. The zero-order chi connectivity index (χ0) is 13.5. The Labute approximate surface area is 113 Å². The first kappa shape index (κ1) is 13.8. The van der Waals surface area contributed by atoms with Crippen LogP contribution in [0.1, 0.15) is 5.56 Å². The maximum Gasteiger partial charge on any atom is 0.317 e. The van der Waals surface area contributed by atoms with Crippen LogP contribution in [-0.4, -0.2) is 50.3 Å². The Morgan fingerprint density at radius 2 is 2.26 bits per heavy atom. The van der Waals surface area contributed by atoms with Crippen molar-refractivity contribution in [1.82, 2.24) is 15.5 Å². The molecule has 2 rings (SSSR count). The minimum atomic E-state index is -0.0713. The van der Waals surface area contributed by atoms with Gasteiger partial charge in [0.25, 0.3) is 0 Å². The molecule has 0 radical (unpaired) electrons. The van der Waals surface area contributed by atoms with Gasteiger partial charge >= 0.3 is 6.03 Å². The van der Waals surface area contributed by atoms with Gasteiger partial charge in [-0.05, 0) is 5.56 Å². The molecule has 0 aromatic heterocycles. The van der Waals surface area contributed by atoms with Crippen LogP contribution in [0.2, 0.25) is 0 Å². The third-order valence-electron chi connectivity index (χ3n) is 3.12. The average Bonchev–Trinajstić information content (AvgIpc) is 2.47. The lowest BCUT2D eigenvalue weighted by Gasteiger charge is -2.28. The first-order valence-corrected chi connectivity index (χ1v) is 6.61. The lowest BCUT2D eigenvalue weighted by molar-refractivity contribution is 0.0155. The molecule has 1 aromatic rings. The summed E-state index contributed by atoms with van der Waals surface area (Å²) in [5.41, 5.74) is 1.10. The van der Waals surface area contributed by atoms with Crippen molar-refractivity contribution < 1.29 is 9.53 Å². The molecule has 0 bridgehead atoms. The van der Waals surface area contributed by atoms with E-state index in [1.807, 2.05) is 30.3 Å². The van der Waals surface area contributed by atoms with Crippen molar-refractivity contribution in [2.45, 2.75) is 12.6 Å². The van der Waals surface area contributed by atoms with Gasteiger partial charge in [0.2, 0.25) is 0 Å². The lowest BCUT2D eigenvalue weighted by atomic mass is 10.2. The molecule has 1 heterocycles. The van der Waals surface area contributed by atoms with Gasteiger partial charge in [0.15, 0.2) is 0 Å². The van der Waals surface area contributed by atoms with E-state index in [4.69, 9.17) is 4.74 Å². The van der Waals surface area contributed by atoms with Gasteiger partial charge in [0.05, 0.1) is 12.7 Å². The number of hydrogen-bond acceptors (Lipinski definition) is 3. The van der Waals surface area contributed by atoms with Gasteiger partial charge in [0, 0.05) is 33.2 Å². The van der Waals surface area contributed by atoms with Crippen molar-refractivity contribution in [3.63, 3.8) is 0 Å². The lowest BCUT2D eigenvalue weighted by Crippen LogP contribution is -2.47. The van der Waals surface area contributed by atoms with E-state index in [0.29, 0.717) is 19.7 Å². The van der Waals surface area contributed by atoms with Crippen LogP contribution < -0.4 is 10.6 Å². The van der Waals surface area contributed by atoms with Gasteiger partial charge in [-0.1, -0.05) is 30.3 Å². The number of nitrogens with zero attached hydrogens (tertiary/aromatic N) is 1. The van der Waals surface area contributed by atoms with Gasteiger partial charge < -0.3 is 20.3 Å². The standard InChI is InChI=1S/C14H21N3O2/c1-17(11-13-10-15-7-8-19-13)14(18)16-9-12-5-3-2-4-6-12/h2-6,13,15H,7-11H2,1H3,(H,16,18). The van der Waals surface area contributed by atoms with Gasteiger partial charge in [0.1, 0.15) is 0 Å². The molecule has 5 heteroatoms. The summed E-state index contributed by atoms with van der Waals surface area (Å²) < 4.78 is 5.58. The number of hydrogen-bond donors (Lipinski definition) is 2. The average molecular weight is 263 g/mol. The SMILES string of the molecule is CN(CC1CNCCO1)C(=O)NCc1ccccc1. The first-order chi connectivity index (χ1) is 9.25. The van der Waals surface area contributed by atoms with Gasteiger partial charge in [-0.25, -0.2) is 4.79 Å². The normalized spacial score (nSPS) is 18.9. The van der Waals surface area contributed by atoms with Crippen LogP contribution in [0.15, 0.2) is 30.3 Å². The molecular formula is C14H21N3O2. The molecule has 1 unspecified atom stereocenters. The molecule has 19 heavy (non-hydrogen) atoms. The van der Waals surface area contributed by atoms with Crippen molar-refractivity contribution >= 4 is 6.03 Å². The summed E-state index contributed by atoms with van der Waals surface area (Å²) in [6.45, 7) is 3.56. The summed E-state index contributed by atoms with van der Waals surface area (Å²) in [5, 5.41) is 6.15. The molecule has 1 aromatic carbocycles. The molecule has 1 atom stereocenters. The Morgan fingerprint density at radius 1 is 1.47 bits per heavy atom. The van der Waals surface area contributed by atoms with E-state index in [-0.39, 0.29) is 12.1 Å². The highest BCUT2D eigenvalue weighted by molar-refractivity contribution is 5.73. The Hall–Kier alpha value is -1.59. The quantitative estimate of drug-likeness (QED) is 0.845. The number of likely N-dealkylation sites (N-methyl/N-ethyl adjacent to an activating group) is 1. The van der Waals surface area contributed by atoms with E-state index in [0.717, 1.165) is 18.7 Å². The van der Waals surface area contributed by atoms with Gasteiger partial charge in [-0.3, -0.25) is 0 Å². The van der Waals surface area contributed by atoms with E-state index in [9.17, 15) is 4.79 Å². The summed E-state index contributed by atoms with van der Waals surface area (Å²) in [5.74, 6) is 0. The Bertz CT molecular complexity index is 391. The second-order valence-corrected chi connectivity index (χ2v) is 4.72. The van der Waals surface area contributed by atoms with Crippen LogP contribution >= 0.6 is 0 Å². The number of morpholine rings is 1. The van der Waals surface area contributed by atoms with Crippen molar-refractivity contribution in [3.05, 3.63) is 35.9 Å². The van der Waals surface area contributed by atoms with E-state index in [2.05, 4.69) is 10.6 Å². The minimum absolute atomic E-state index is 0.0713. The highest BCUT2D eigenvalue weighted by Gasteiger charge is 2.18. The van der Waals surface area contributed by atoms with E-state index >= 15 is 0 Å². The van der Waals surface area contributed by atoms with Crippen LogP contribution in [0.3, 0.4) is 0 Å². The predicted octanol–water partition coefficient (Wildman–Crippen LogP) is 0.816. The van der Waals surface area contributed by atoms with Crippen LogP contribution in [-0.2, 0) is 11.3 Å². The monoisotopic (exact) mass is 263 g/mol. The summed E-state index contributed by atoms with van der Waals surface area (Å²) >= 11 is 0. The molecule has 1 saturated heterocycles. The second kappa shape index (κ2) is 7.11. The topological polar surface area (TPSA) is 53.6 Å². The molecule has 5 nitrogen and oxygen atoms in total. The van der Waals surface area contributed by atoms with E-state index in [1.165, 1.54) is 0 Å². The van der Waals surface area contributed by atoms with Crippen LogP contribution in [0.25, 0.3) is 0 Å². The van der Waals surface area contributed by atoms with Crippen LogP contribution in [0, 0.1) is 0 Å². The van der Waals surface area contributed by atoms with Crippen molar-refractivity contribution in [3.8, 4) is 0 Å². The molecule has 104 valence electrons. The van der Waals surface area contributed by atoms with Crippen molar-refractivity contribution in [1.29, 1.82) is 0 Å². The van der Waals surface area contributed by atoms with E-state index < -0.39 is 0 Å². The molecule has 0 saturated carbocycles. The fourth-order valence-electron chi connectivity index (χ4n) is 2.03. The highest BCUT2D eigenvalue weighted by atomic mass is 16.5. The summed E-state index contributed by atoms with van der Waals surface area (Å²) in [6.07, 6.45) is 0.0845. The minimum Gasteiger partial charge on any atom is -0.374 e. The molecule has 0 aliphatic carbocycles. The van der Waals surface area contributed by atoms with Gasteiger partial charge in [-0.2, -0.15) is 0 Å². The molecular weight excluding hydrogens is 242 g/mol.